The van der Waals surface area contributed by atoms with Gasteiger partial charge in [0, 0.05) is 11.1 Å². The SMILES string of the molecule is COc1cc(C)c(OC)c(C2(N)CC2)c1C. The Morgan fingerprint density at radius 3 is 2.25 bits per heavy atom. The minimum Gasteiger partial charge on any atom is -0.496 e. The lowest BCUT2D eigenvalue weighted by Crippen LogP contribution is -2.22. The van der Waals surface area contributed by atoms with Gasteiger partial charge in [-0.1, -0.05) is 0 Å². The summed E-state index contributed by atoms with van der Waals surface area (Å²) in [6.45, 7) is 4.07. The summed E-state index contributed by atoms with van der Waals surface area (Å²) in [5.74, 6) is 1.81. The molecule has 0 heterocycles. The summed E-state index contributed by atoms with van der Waals surface area (Å²) in [6, 6.07) is 2.00. The summed E-state index contributed by atoms with van der Waals surface area (Å²) >= 11 is 0. The minimum atomic E-state index is -0.200. The molecule has 0 atom stereocenters. The zero-order valence-corrected chi connectivity index (χ0v) is 10.4. The van der Waals surface area contributed by atoms with Crippen LogP contribution in [0.1, 0.15) is 29.5 Å². The summed E-state index contributed by atoms with van der Waals surface area (Å²) in [5, 5.41) is 0. The zero-order valence-electron chi connectivity index (χ0n) is 10.4. The molecule has 0 radical (unpaired) electrons. The number of nitrogens with two attached hydrogens (primary N) is 1. The van der Waals surface area contributed by atoms with Crippen LogP contribution in [-0.2, 0) is 5.54 Å². The van der Waals surface area contributed by atoms with Crippen LogP contribution in [0.15, 0.2) is 6.07 Å². The molecule has 1 saturated carbocycles. The third-order valence-electron chi connectivity index (χ3n) is 3.39. The first-order chi connectivity index (χ1) is 7.53. The molecule has 0 bridgehead atoms. The van der Waals surface area contributed by atoms with Crippen molar-refractivity contribution in [2.45, 2.75) is 32.2 Å². The molecule has 88 valence electrons. The molecule has 1 aromatic carbocycles. The van der Waals surface area contributed by atoms with E-state index in [4.69, 9.17) is 15.2 Å². The van der Waals surface area contributed by atoms with Crippen molar-refractivity contribution in [3.05, 3.63) is 22.8 Å². The van der Waals surface area contributed by atoms with Gasteiger partial charge in [-0.25, -0.2) is 0 Å². The zero-order chi connectivity index (χ0) is 11.9. The Labute approximate surface area is 96.5 Å². The van der Waals surface area contributed by atoms with Crippen molar-refractivity contribution in [1.29, 1.82) is 0 Å². The molecule has 0 amide bonds. The van der Waals surface area contributed by atoms with Gasteiger partial charge in [0.05, 0.1) is 14.2 Å². The van der Waals surface area contributed by atoms with Crippen LogP contribution < -0.4 is 15.2 Å². The second kappa shape index (κ2) is 3.67. The highest BCUT2D eigenvalue weighted by Crippen LogP contribution is 2.50. The van der Waals surface area contributed by atoms with Gasteiger partial charge in [-0.2, -0.15) is 0 Å². The highest BCUT2D eigenvalue weighted by molar-refractivity contribution is 5.57. The molecule has 1 aliphatic carbocycles. The minimum absolute atomic E-state index is 0.200. The van der Waals surface area contributed by atoms with Crippen molar-refractivity contribution >= 4 is 0 Å². The molecule has 0 saturated heterocycles. The maximum Gasteiger partial charge on any atom is 0.127 e. The third-order valence-corrected chi connectivity index (χ3v) is 3.39. The van der Waals surface area contributed by atoms with Crippen LogP contribution in [0.4, 0.5) is 0 Å². The van der Waals surface area contributed by atoms with Crippen molar-refractivity contribution in [2.24, 2.45) is 5.73 Å². The van der Waals surface area contributed by atoms with E-state index in [0.717, 1.165) is 41.0 Å². The van der Waals surface area contributed by atoms with Crippen molar-refractivity contribution < 1.29 is 9.47 Å². The molecule has 0 spiro atoms. The van der Waals surface area contributed by atoms with E-state index < -0.39 is 0 Å². The van der Waals surface area contributed by atoms with Crippen molar-refractivity contribution in [3.63, 3.8) is 0 Å². The summed E-state index contributed by atoms with van der Waals surface area (Å²) in [7, 11) is 3.39. The highest BCUT2D eigenvalue weighted by atomic mass is 16.5. The number of methoxy groups -OCH3 is 2. The van der Waals surface area contributed by atoms with Crippen LogP contribution in [0, 0.1) is 13.8 Å². The molecular weight excluding hydrogens is 202 g/mol. The van der Waals surface area contributed by atoms with Crippen LogP contribution in [0.3, 0.4) is 0 Å². The van der Waals surface area contributed by atoms with Gasteiger partial charge < -0.3 is 15.2 Å². The van der Waals surface area contributed by atoms with E-state index in [1.165, 1.54) is 0 Å². The first-order valence-corrected chi connectivity index (χ1v) is 5.55. The lowest BCUT2D eigenvalue weighted by Gasteiger charge is -2.21. The number of aryl methyl sites for hydroxylation is 1. The van der Waals surface area contributed by atoms with E-state index in [9.17, 15) is 0 Å². The lowest BCUT2D eigenvalue weighted by molar-refractivity contribution is 0.388. The maximum absolute atomic E-state index is 6.30. The van der Waals surface area contributed by atoms with E-state index >= 15 is 0 Å². The standard InChI is InChI=1S/C13H19NO2/c1-8-7-10(15-3)9(2)11(12(8)16-4)13(14)5-6-13/h7H,5-6,14H2,1-4H3. The Balaban J connectivity index is 2.66. The average molecular weight is 221 g/mol. The predicted molar refractivity (Wildman–Crippen MR) is 64.1 cm³/mol. The summed E-state index contributed by atoms with van der Waals surface area (Å²) in [5.41, 5.74) is 9.40. The molecule has 0 aromatic heterocycles. The molecule has 1 fully saturated rings. The Bertz CT molecular complexity index is 422. The van der Waals surface area contributed by atoms with Crippen molar-refractivity contribution in [1.82, 2.24) is 0 Å². The number of benzene rings is 1. The number of ether oxygens (including phenoxy) is 2. The van der Waals surface area contributed by atoms with Crippen LogP contribution >= 0.6 is 0 Å². The smallest absolute Gasteiger partial charge is 0.127 e. The van der Waals surface area contributed by atoms with Gasteiger partial charge >= 0.3 is 0 Å². The van der Waals surface area contributed by atoms with E-state index in [0.29, 0.717) is 0 Å². The largest absolute Gasteiger partial charge is 0.496 e. The Hall–Kier alpha value is -1.22. The van der Waals surface area contributed by atoms with Gasteiger partial charge in [0.2, 0.25) is 0 Å². The monoisotopic (exact) mass is 221 g/mol. The molecule has 0 unspecified atom stereocenters. The Morgan fingerprint density at radius 1 is 1.19 bits per heavy atom. The molecule has 2 rings (SSSR count). The van der Waals surface area contributed by atoms with Gasteiger partial charge in [-0.3, -0.25) is 0 Å². The predicted octanol–water partition coefficient (Wildman–Crippen LogP) is 2.27. The molecule has 1 aliphatic rings. The Kier molecular flexibility index (Phi) is 2.58. The first kappa shape index (κ1) is 11.3. The fourth-order valence-electron chi connectivity index (χ4n) is 2.32. The van der Waals surface area contributed by atoms with E-state index in [1.54, 1.807) is 14.2 Å². The summed E-state index contributed by atoms with van der Waals surface area (Å²) in [4.78, 5) is 0. The highest BCUT2D eigenvalue weighted by Gasteiger charge is 2.44. The number of hydrogen-bond donors (Lipinski definition) is 1. The lowest BCUT2D eigenvalue weighted by atomic mass is 9.95. The maximum atomic E-state index is 6.30. The van der Waals surface area contributed by atoms with Gasteiger partial charge in [-0.05, 0) is 43.9 Å². The van der Waals surface area contributed by atoms with Crippen LogP contribution in [-0.4, -0.2) is 14.2 Å². The van der Waals surface area contributed by atoms with Crippen molar-refractivity contribution in [2.75, 3.05) is 14.2 Å². The molecule has 1 aromatic rings. The topological polar surface area (TPSA) is 44.5 Å². The first-order valence-electron chi connectivity index (χ1n) is 5.55. The van der Waals surface area contributed by atoms with Gasteiger partial charge in [0.15, 0.2) is 0 Å². The van der Waals surface area contributed by atoms with E-state index in [1.807, 2.05) is 19.9 Å². The Morgan fingerprint density at radius 2 is 1.81 bits per heavy atom. The van der Waals surface area contributed by atoms with Crippen LogP contribution in [0.25, 0.3) is 0 Å². The molecule has 3 nitrogen and oxygen atoms in total. The normalized spacial score (nSPS) is 17.1. The third kappa shape index (κ3) is 1.55. The molecule has 16 heavy (non-hydrogen) atoms. The summed E-state index contributed by atoms with van der Waals surface area (Å²) in [6.07, 6.45) is 2.05. The molecule has 0 aliphatic heterocycles. The van der Waals surface area contributed by atoms with Crippen molar-refractivity contribution in [3.8, 4) is 11.5 Å². The second-order valence-corrected chi connectivity index (χ2v) is 4.59. The molecule has 3 heteroatoms. The molecular formula is C13H19NO2. The van der Waals surface area contributed by atoms with Gasteiger partial charge in [0.1, 0.15) is 11.5 Å². The van der Waals surface area contributed by atoms with Crippen LogP contribution in [0.2, 0.25) is 0 Å². The summed E-state index contributed by atoms with van der Waals surface area (Å²) < 4.78 is 10.9. The number of rotatable bonds is 3. The molecule has 2 N–H and O–H groups in total. The van der Waals surface area contributed by atoms with Gasteiger partial charge in [0.25, 0.3) is 0 Å². The van der Waals surface area contributed by atoms with Gasteiger partial charge in [-0.15, -0.1) is 0 Å². The van der Waals surface area contributed by atoms with E-state index in [2.05, 4.69) is 0 Å². The fraction of sp³-hybridized carbons (Fsp3) is 0.538. The quantitative estimate of drug-likeness (QED) is 0.851. The number of hydrogen-bond acceptors (Lipinski definition) is 3. The van der Waals surface area contributed by atoms with E-state index in [-0.39, 0.29) is 5.54 Å². The second-order valence-electron chi connectivity index (χ2n) is 4.59. The average Bonchev–Trinajstić information content (AvgIpc) is 2.99. The van der Waals surface area contributed by atoms with Crippen LogP contribution in [0.5, 0.6) is 11.5 Å². The fourth-order valence-corrected chi connectivity index (χ4v) is 2.32.